The van der Waals surface area contributed by atoms with E-state index in [0.29, 0.717) is 5.41 Å². The minimum absolute atomic E-state index is 0.370. The molecule has 0 aliphatic rings. The summed E-state index contributed by atoms with van der Waals surface area (Å²) in [6.07, 6.45) is 2.39. The van der Waals surface area contributed by atoms with E-state index in [1.807, 2.05) is 0 Å². The molecule has 0 aromatic carbocycles. The first-order chi connectivity index (χ1) is 4.93. The van der Waals surface area contributed by atoms with Crippen LogP contribution in [0.1, 0.15) is 54.4 Å². The van der Waals surface area contributed by atoms with Crippen LogP contribution in [0.2, 0.25) is 0 Å². The zero-order valence-corrected chi connectivity index (χ0v) is 8.91. The zero-order valence-electron chi connectivity index (χ0n) is 8.91. The lowest BCUT2D eigenvalue weighted by atomic mass is 9.81. The maximum absolute atomic E-state index is 2.30. The number of allylic oxidation sites excluding steroid dienone is 2. The minimum atomic E-state index is 0.370. The van der Waals surface area contributed by atoms with Crippen molar-refractivity contribution >= 4 is 0 Å². The Morgan fingerprint density at radius 1 is 1.00 bits per heavy atom. The van der Waals surface area contributed by atoms with Crippen LogP contribution in [0, 0.1) is 5.41 Å². The van der Waals surface area contributed by atoms with Gasteiger partial charge in [0, 0.05) is 0 Å². The molecule has 0 heteroatoms. The summed E-state index contributed by atoms with van der Waals surface area (Å²) in [5, 5.41) is 0. The maximum Gasteiger partial charge on any atom is -0.0171 e. The van der Waals surface area contributed by atoms with Gasteiger partial charge in [0.1, 0.15) is 0 Å². The third-order valence-electron chi connectivity index (χ3n) is 2.30. The van der Waals surface area contributed by atoms with Crippen molar-refractivity contribution in [2.45, 2.75) is 54.4 Å². The average Bonchev–Trinajstić information content (AvgIpc) is 1.86. The highest BCUT2D eigenvalue weighted by Gasteiger charge is 2.16. The van der Waals surface area contributed by atoms with Gasteiger partial charge in [0.2, 0.25) is 0 Å². The topological polar surface area (TPSA) is 0 Å². The molecule has 0 nitrogen and oxygen atoms in total. The molecule has 0 saturated carbocycles. The van der Waals surface area contributed by atoms with E-state index in [2.05, 4.69) is 41.5 Å². The summed E-state index contributed by atoms with van der Waals surface area (Å²) in [6, 6.07) is 0. The second kappa shape index (κ2) is 3.94. The van der Waals surface area contributed by atoms with E-state index in [1.165, 1.54) is 12.8 Å². The van der Waals surface area contributed by atoms with Gasteiger partial charge < -0.3 is 0 Å². The monoisotopic (exact) mass is 154 g/mol. The van der Waals surface area contributed by atoms with E-state index in [4.69, 9.17) is 0 Å². The highest BCUT2D eigenvalue weighted by Crippen LogP contribution is 2.31. The van der Waals surface area contributed by atoms with Crippen LogP contribution in [-0.2, 0) is 0 Å². The van der Waals surface area contributed by atoms with Crippen molar-refractivity contribution in [1.29, 1.82) is 0 Å². The predicted molar refractivity (Wildman–Crippen MR) is 52.7 cm³/mol. The van der Waals surface area contributed by atoms with Crippen molar-refractivity contribution < 1.29 is 0 Å². The molecule has 0 atom stereocenters. The molecule has 0 amide bonds. The molecule has 0 aromatic rings. The van der Waals surface area contributed by atoms with Crippen molar-refractivity contribution in [3.63, 3.8) is 0 Å². The Hall–Kier alpha value is -0.260. The molecule has 0 fully saturated rings. The van der Waals surface area contributed by atoms with E-state index in [0.717, 1.165) is 0 Å². The Bertz CT molecular complexity index is 144. The largest absolute Gasteiger partial charge is 0.0739 e. The van der Waals surface area contributed by atoms with Gasteiger partial charge in [-0.2, -0.15) is 0 Å². The predicted octanol–water partition coefficient (Wildman–Crippen LogP) is 4.17. The normalized spacial score (nSPS) is 14.7. The Morgan fingerprint density at radius 2 is 1.45 bits per heavy atom. The lowest BCUT2D eigenvalue weighted by Crippen LogP contribution is -2.10. The fraction of sp³-hybridized carbons (Fsp3) is 0.818. The van der Waals surface area contributed by atoms with Crippen LogP contribution in [0.5, 0.6) is 0 Å². The van der Waals surface area contributed by atoms with Gasteiger partial charge in [0.15, 0.2) is 0 Å². The molecule has 0 aliphatic carbocycles. The van der Waals surface area contributed by atoms with Crippen molar-refractivity contribution in [3.8, 4) is 0 Å². The van der Waals surface area contributed by atoms with Gasteiger partial charge in [0.25, 0.3) is 0 Å². The van der Waals surface area contributed by atoms with Crippen LogP contribution in [0.25, 0.3) is 0 Å². The Labute approximate surface area is 71.7 Å². The summed E-state index contributed by atoms with van der Waals surface area (Å²) >= 11 is 0. The molecule has 0 spiro atoms. The first-order valence-corrected chi connectivity index (χ1v) is 4.62. The van der Waals surface area contributed by atoms with Crippen LogP contribution in [0.15, 0.2) is 11.1 Å². The third kappa shape index (κ3) is 3.09. The van der Waals surface area contributed by atoms with Crippen molar-refractivity contribution in [1.82, 2.24) is 0 Å². The van der Waals surface area contributed by atoms with Crippen molar-refractivity contribution in [3.05, 3.63) is 11.1 Å². The maximum atomic E-state index is 2.30. The molecule has 11 heavy (non-hydrogen) atoms. The molecule has 0 aliphatic heterocycles. The van der Waals surface area contributed by atoms with Crippen LogP contribution in [0.3, 0.4) is 0 Å². The molecule has 0 unspecified atom stereocenters. The molecule has 0 N–H and O–H groups in total. The van der Waals surface area contributed by atoms with E-state index in [-0.39, 0.29) is 0 Å². The lowest BCUT2D eigenvalue weighted by Gasteiger charge is -2.24. The van der Waals surface area contributed by atoms with Gasteiger partial charge in [0.05, 0.1) is 0 Å². The summed E-state index contributed by atoms with van der Waals surface area (Å²) in [7, 11) is 0. The van der Waals surface area contributed by atoms with Crippen LogP contribution >= 0.6 is 0 Å². The molecule has 66 valence electrons. The first-order valence-electron chi connectivity index (χ1n) is 4.62. The highest BCUT2D eigenvalue weighted by molar-refractivity contribution is 5.17. The molecule has 0 heterocycles. The number of rotatable bonds is 2. The molecule has 0 rings (SSSR count). The lowest BCUT2D eigenvalue weighted by molar-refractivity contribution is 0.480. The zero-order chi connectivity index (χ0) is 9.07. The number of hydrogen-bond acceptors (Lipinski definition) is 0. The van der Waals surface area contributed by atoms with Crippen molar-refractivity contribution in [2.24, 2.45) is 5.41 Å². The molecule has 0 bridgehead atoms. The first kappa shape index (κ1) is 10.7. The van der Waals surface area contributed by atoms with E-state index in [9.17, 15) is 0 Å². The second-order valence-electron chi connectivity index (χ2n) is 4.22. The van der Waals surface area contributed by atoms with Crippen LogP contribution in [-0.4, -0.2) is 0 Å². The summed E-state index contributed by atoms with van der Waals surface area (Å²) in [6.45, 7) is 13.6. The molecule has 0 saturated heterocycles. The SMILES string of the molecule is CC/C(C)=C(\CC)C(C)(C)C. The van der Waals surface area contributed by atoms with E-state index in [1.54, 1.807) is 11.1 Å². The summed E-state index contributed by atoms with van der Waals surface area (Å²) in [5.74, 6) is 0. The van der Waals surface area contributed by atoms with Crippen LogP contribution < -0.4 is 0 Å². The van der Waals surface area contributed by atoms with E-state index >= 15 is 0 Å². The molecule has 0 aromatic heterocycles. The van der Waals surface area contributed by atoms with Gasteiger partial charge in [-0.3, -0.25) is 0 Å². The summed E-state index contributed by atoms with van der Waals surface area (Å²) in [5.41, 5.74) is 3.56. The fourth-order valence-electron chi connectivity index (χ4n) is 1.69. The molecular formula is C11H22. The minimum Gasteiger partial charge on any atom is -0.0739 e. The van der Waals surface area contributed by atoms with Gasteiger partial charge >= 0.3 is 0 Å². The quantitative estimate of drug-likeness (QED) is 0.524. The highest BCUT2D eigenvalue weighted by atomic mass is 14.2. The fourth-order valence-corrected chi connectivity index (χ4v) is 1.69. The smallest absolute Gasteiger partial charge is 0.0171 e. The Balaban J connectivity index is 4.66. The second-order valence-corrected chi connectivity index (χ2v) is 4.22. The van der Waals surface area contributed by atoms with E-state index < -0.39 is 0 Å². The van der Waals surface area contributed by atoms with Gasteiger partial charge in [-0.15, -0.1) is 0 Å². The Kier molecular flexibility index (Phi) is 3.85. The van der Waals surface area contributed by atoms with Crippen molar-refractivity contribution in [2.75, 3.05) is 0 Å². The van der Waals surface area contributed by atoms with Gasteiger partial charge in [-0.25, -0.2) is 0 Å². The third-order valence-corrected chi connectivity index (χ3v) is 2.30. The standard InChI is InChI=1S/C11H22/c1-7-9(3)10(8-2)11(4,5)6/h7-8H2,1-6H3/b10-9+. The van der Waals surface area contributed by atoms with Gasteiger partial charge in [-0.05, 0) is 25.2 Å². The summed E-state index contributed by atoms with van der Waals surface area (Å²) in [4.78, 5) is 0. The van der Waals surface area contributed by atoms with Gasteiger partial charge in [-0.1, -0.05) is 45.8 Å². The average molecular weight is 154 g/mol. The molecular weight excluding hydrogens is 132 g/mol. The molecule has 0 radical (unpaired) electrons. The van der Waals surface area contributed by atoms with Crippen LogP contribution in [0.4, 0.5) is 0 Å². The summed E-state index contributed by atoms with van der Waals surface area (Å²) < 4.78 is 0. The Morgan fingerprint density at radius 3 is 1.55 bits per heavy atom. The number of hydrogen-bond donors (Lipinski definition) is 0.